The van der Waals surface area contributed by atoms with E-state index in [1.54, 1.807) is 18.3 Å². The Hall–Kier alpha value is -1.72. The molecule has 0 amide bonds. The lowest BCUT2D eigenvalue weighted by Gasteiger charge is -2.12. The SMILES string of the molecule is COc1nccnc1C(O)c1ncccc1Cl. The number of aliphatic hydroxyl groups excluding tert-OH is 1. The Kier molecular flexibility index (Phi) is 3.51. The summed E-state index contributed by atoms with van der Waals surface area (Å²) in [6, 6.07) is 3.34. The first-order chi connectivity index (χ1) is 8.24. The van der Waals surface area contributed by atoms with Crippen LogP contribution in [0.15, 0.2) is 30.7 Å². The molecule has 0 spiro atoms. The molecule has 1 atom stereocenters. The Bertz CT molecular complexity index is 522. The average molecular weight is 252 g/mol. The second-order valence-corrected chi connectivity index (χ2v) is 3.63. The number of hydrogen-bond acceptors (Lipinski definition) is 5. The summed E-state index contributed by atoms with van der Waals surface area (Å²) in [7, 11) is 1.46. The highest BCUT2D eigenvalue weighted by atomic mass is 35.5. The summed E-state index contributed by atoms with van der Waals surface area (Å²) in [4.78, 5) is 12.0. The second-order valence-electron chi connectivity index (χ2n) is 3.22. The van der Waals surface area contributed by atoms with Crippen molar-refractivity contribution in [3.8, 4) is 5.88 Å². The minimum Gasteiger partial charge on any atom is -0.480 e. The Morgan fingerprint density at radius 1 is 1.18 bits per heavy atom. The van der Waals surface area contributed by atoms with Crippen LogP contribution in [0.3, 0.4) is 0 Å². The van der Waals surface area contributed by atoms with Crippen LogP contribution in [0.1, 0.15) is 17.5 Å². The number of hydrogen-bond donors (Lipinski definition) is 1. The van der Waals surface area contributed by atoms with Gasteiger partial charge < -0.3 is 9.84 Å². The van der Waals surface area contributed by atoms with Gasteiger partial charge >= 0.3 is 0 Å². The molecule has 0 fully saturated rings. The fourth-order valence-corrected chi connectivity index (χ4v) is 1.63. The van der Waals surface area contributed by atoms with Crippen LogP contribution in [0.4, 0.5) is 0 Å². The molecule has 6 heteroatoms. The minimum atomic E-state index is -1.06. The molecule has 0 aliphatic carbocycles. The van der Waals surface area contributed by atoms with Crippen LogP contribution in [0.2, 0.25) is 5.02 Å². The smallest absolute Gasteiger partial charge is 0.238 e. The van der Waals surface area contributed by atoms with Crippen molar-refractivity contribution in [2.75, 3.05) is 7.11 Å². The molecule has 0 radical (unpaired) electrons. The maximum atomic E-state index is 10.2. The van der Waals surface area contributed by atoms with E-state index in [4.69, 9.17) is 16.3 Å². The third-order valence-corrected chi connectivity index (χ3v) is 2.51. The zero-order chi connectivity index (χ0) is 12.3. The van der Waals surface area contributed by atoms with Gasteiger partial charge in [-0.3, -0.25) is 9.97 Å². The Morgan fingerprint density at radius 2 is 1.88 bits per heavy atom. The predicted molar refractivity (Wildman–Crippen MR) is 61.9 cm³/mol. The molecule has 88 valence electrons. The number of rotatable bonds is 3. The van der Waals surface area contributed by atoms with Crippen LogP contribution in [-0.4, -0.2) is 27.2 Å². The summed E-state index contributed by atoms with van der Waals surface area (Å²) >= 11 is 5.95. The zero-order valence-corrected chi connectivity index (χ0v) is 9.80. The van der Waals surface area contributed by atoms with Crippen molar-refractivity contribution in [3.63, 3.8) is 0 Å². The zero-order valence-electron chi connectivity index (χ0n) is 9.04. The summed E-state index contributed by atoms with van der Waals surface area (Å²) in [6.45, 7) is 0. The van der Waals surface area contributed by atoms with Gasteiger partial charge in [-0.2, -0.15) is 0 Å². The van der Waals surface area contributed by atoms with Crippen molar-refractivity contribution in [2.24, 2.45) is 0 Å². The molecule has 1 unspecified atom stereocenters. The summed E-state index contributed by atoms with van der Waals surface area (Å²) in [6.07, 6.45) is 3.44. The van der Waals surface area contributed by atoms with E-state index in [1.807, 2.05) is 0 Å². The van der Waals surface area contributed by atoms with Gasteiger partial charge in [0.25, 0.3) is 0 Å². The van der Waals surface area contributed by atoms with Gasteiger partial charge in [0.15, 0.2) is 0 Å². The Labute approximate surface area is 103 Å². The van der Waals surface area contributed by atoms with Crippen molar-refractivity contribution in [3.05, 3.63) is 47.1 Å². The highest BCUT2D eigenvalue weighted by Crippen LogP contribution is 2.28. The first kappa shape index (κ1) is 11.8. The molecule has 5 nitrogen and oxygen atoms in total. The average Bonchev–Trinajstić information content (AvgIpc) is 2.38. The van der Waals surface area contributed by atoms with E-state index in [0.717, 1.165) is 0 Å². The van der Waals surface area contributed by atoms with Gasteiger partial charge in [0.05, 0.1) is 17.8 Å². The molecule has 2 aromatic heterocycles. The first-order valence-corrected chi connectivity index (χ1v) is 5.25. The molecule has 2 rings (SSSR count). The van der Waals surface area contributed by atoms with Crippen molar-refractivity contribution in [2.45, 2.75) is 6.10 Å². The van der Waals surface area contributed by atoms with Gasteiger partial charge in [-0.05, 0) is 12.1 Å². The van der Waals surface area contributed by atoms with Crippen LogP contribution in [0.25, 0.3) is 0 Å². The van der Waals surface area contributed by atoms with Gasteiger partial charge in [-0.1, -0.05) is 11.6 Å². The number of methoxy groups -OCH3 is 1. The lowest BCUT2D eigenvalue weighted by Crippen LogP contribution is -2.08. The van der Waals surface area contributed by atoms with Gasteiger partial charge in [0.2, 0.25) is 5.88 Å². The topological polar surface area (TPSA) is 68.1 Å². The Balaban J connectivity index is 2.44. The van der Waals surface area contributed by atoms with Crippen molar-refractivity contribution < 1.29 is 9.84 Å². The van der Waals surface area contributed by atoms with Crippen LogP contribution >= 0.6 is 11.6 Å². The molecule has 0 saturated carbocycles. The maximum Gasteiger partial charge on any atom is 0.238 e. The molecule has 0 aliphatic heterocycles. The summed E-state index contributed by atoms with van der Waals surface area (Å²) in [5, 5.41) is 10.5. The molecule has 0 aromatic carbocycles. The maximum absolute atomic E-state index is 10.2. The number of aliphatic hydroxyl groups is 1. The number of nitrogens with zero attached hydrogens (tertiary/aromatic N) is 3. The standard InChI is InChI=1S/C11H10ClN3O2/c1-17-11-9(14-5-6-15-11)10(16)8-7(12)3-2-4-13-8/h2-6,10,16H,1H3. The number of halogens is 1. The highest BCUT2D eigenvalue weighted by molar-refractivity contribution is 6.31. The van der Waals surface area contributed by atoms with Gasteiger partial charge in [-0.15, -0.1) is 0 Å². The number of ether oxygens (including phenoxy) is 1. The summed E-state index contributed by atoms with van der Waals surface area (Å²) in [5.74, 6) is 0.252. The largest absolute Gasteiger partial charge is 0.480 e. The fourth-order valence-electron chi connectivity index (χ4n) is 1.41. The van der Waals surface area contributed by atoms with E-state index >= 15 is 0 Å². The van der Waals surface area contributed by atoms with Crippen molar-refractivity contribution in [1.82, 2.24) is 15.0 Å². The lowest BCUT2D eigenvalue weighted by molar-refractivity contribution is 0.203. The molecule has 1 N–H and O–H groups in total. The monoisotopic (exact) mass is 251 g/mol. The molecule has 2 heterocycles. The van der Waals surface area contributed by atoms with Crippen LogP contribution in [0, 0.1) is 0 Å². The summed E-state index contributed by atoms with van der Waals surface area (Å²) in [5.41, 5.74) is 0.614. The molecule has 0 aliphatic rings. The first-order valence-electron chi connectivity index (χ1n) is 4.87. The molecule has 0 saturated heterocycles. The molecule has 2 aromatic rings. The van der Waals surface area contributed by atoms with E-state index in [2.05, 4.69) is 15.0 Å². The van der Waals surface area contributed by atoms with Gasteiger partial charge in [-0.25, -0.2) is 4.98 Å². The van der Waals surface area contributed by atoms with E-state index < -0.39 is 6.10 Å². The Morgan fingerprint density at radius 3 is 2.59 bits per heavy atom. The van der Waals surface area contributed by atoms with Crippen LogP contribution in [-0.2, 0) is 0 Å². The van der Waals surface area contributed by atoms with E-state index in [1.165, 1.54) is 19.5 Å². The molecular weight excluding hydrogens is 242 g/mol. The van der Waals surface area contributed by atoms with Gasteiger partial charge in [0, 0.05) is 18.6 Å². The normalized spacial score (nSPS) is 12.2. The van der Waals surface area contributed by atoms with Gasteiger partial charge in [0.1, 0.15) is 11.8 Å². The van der Waals surface area contributed by atoms with E-state index in [-0.39, 0.29) is 11.6 Å². The van der Waals surface area contributed by atoms with Crippen molar-refractivity contribution >= 4 is 11.6 Å². The van der Waals surface area contributed by atoms with Crippen LogP contribution < -0.4 is 4.74 Å². The molecule has 0 bridgehead atoms. The predicted octanol–water partition coefficient (Wildman–Crippen LogP) is 1.62. The minimum absolute atomic E-state index is 0.252. The quantitative estimate of drug-likeness (QED) is 0.898. The number of aromatic nitrogens is 3. The third-order valence-electron chi connectivity index (χ3n) is 2.19. The third kappa shape index (κ3) is 2.35. The number of pyridine rings is 1. The molecule has 17 heavy (non-hydrogen) atoms. The highest BCUT2D eigenvalue weighted by Gasteiger charge is 2.21. The lowest BCUT2D eigenvalue weighted by atomic mass is 10.1. The molecular formula is C11H10ClN3O2. The van der Waals surface area contributed by atoms with E-state index in [0.29, 0.717) is 10.7 Å². The van der Waals surface area contributed by atoms with Crippen molar-refractivity contribution in [1.29, 1.82) is 0 Å². The fraction of sp³-hybridized carbons (Fsp3) is 0.182. The van der Waals surface area contributed by atoms with E-state index in [9.17, 15) is 5.11 Å². The second kappa shape index (κ2) is 5.07. The van der Waals surface area contributed by atoms with Crippen LogP contribution in [0.5, 0.6) is 5.88 Å². The summed E-state index contributed by atoms with van der Waals surface area (Å²) < 4.78 is 5.02.